The number of aryl methyl sites for hydroxylation is 1. The summed E-state index contributed by atoms with van der Waals surface area (Å²) in [5, 5.41) is 0. The molecule has 2 nitrogen and oxygen atoms in total. The Bertz CT molecular complexity index is 608. The molecule has 0 aliphatic heterocycles. The van der Waals surface area contributed by atoms with Gasteiger partial charge in [0, 0.05) is 6.20 Å². The number of nitrogens with zero attached hydrogens (tertiary/aromatic N) is 2. The van der Waals surface area contributed by atoms with Crippen LogP contribution in [0.25, 0.3) is 16.6 Å². The van der Waals surface area contributed by atoms with Gasteiger partial charge in [-0.15, -0.1) is 0 Å². The SMILES string of the molecule is Cc1ccc2c(c1)ncc1cccn12. The Kier molecular flexibility index (Phi) is 1.39. The molecule has 0 saturated heterocycles. The average Bonchev–Trinajstić information content (AvgIpc) is 2.65. The maximum atomic E-state index is 4.42. The van der Waals surface area contributed by atoms with Crippen LogP contribution in [0.4, 0.5) is 0 Å². The van der Waals surface area contributed by atoms with Crippen molar-refractivity contribution in [2.45, 2.75) is 6.92 Å². The molecule has 0 N–H and O–H groups in total. The van der Waals surface area contributed by atoms with Gasteiger partial charge < -0.3 is 4.40 Å². The Morgan fingerprint density at radius 1 is 1.21 bits per heavy atom. The summed E-state index contributed by atoms with van der Waals surface area (Å²) < 4.78 is 2.15. The van der Waals surface area contributed by atoms with Crippen LogP contribution in [0, 0.1) is 6.92 Å². The number of hydrogen-bond donors (Lipinski definition) is 0. The number of fused-ring (bicyclic) bond motifs is 3. The van der Waals surface area contributed by atoms with Gasteiger partial charge in [0.25, 0.3) is 0 Å². The van der Waals surface area contributed by atoms with Crippen molar-refractivity contribution in [2.75, 3.05) is 0 Å². The van der Waals surface area contributed by atoms with Crippen molar-refractivity contribution in [3.63, 3.8) is 0 Å². The second-order valence-electron chi connectivity index (χ2n) is 3.55. The Labute approximate surface area is 81.8 Å². The summed E-state index contributed by atoms with van der Waals surface area (Å²) in [6.45, 7) is 2.08. The predicted molar refractivity (Wildman–Crippen MR) is 57.4 cm³/mol. The van der Waals surface area contributed by atoms with Crippen LogP contribution in [0.1, 0.15) is 5.56 Å². The van der Waals surface area contributed by atoms with Gasteiger partial charge in [0.1, 0.15) is 0 Å². The summed E-state index contributed by atoms with van der Waals surface area (Å²) in [6, 6.07) is 10.4. The molecule has 0 fully saturated rings. The molecule has 3 rings (SSSR count). The molecule has 0 unspecified atom stereocenters. The van der Waals surface area contributed by atoms with E-state index in [1.54, 1.807) is 0 Å². The standard InChI is InChI=1S/C12H10N2/c1-9-4-5-12-11(7-9)13-8-10-3-2-6-14(10)12/h2-8H,1H3. The molecule has 1 aromatic carbocycles. The van der Waals surface area contributed by atoms with E-state index in [2.05, 4.69) is 46.8 Å². The van der Waals surface area contributed by atoms with Crippen LogP contribution in [-0.2, 0) is 0 Å². The van der Waals surface area contributed by atoms with Crippen molar-refractivity contribution in [3.8, 4) is 0 Å². The molecule has 0 aliphatic rings. The Balaban J connectivity index is 2.57. The zero-order valence-electron chi connectivity index (χ0n) is 7.94. The minimum Gasteiger partial charge on any atom is -0.314 e. The minimum absolute atomic E-state index is 1.05. The van der Waals surface area contributed by atoms with Gasteiger partial charge in [-0.2, -0.15) is 0 Å². The van der Waals surface area contributed by atoms with Crippen molar-refractivity contribution in [1.82, 2.24) is 9.38 Å². The highest BCUT2D eigenvalue weighted by molar-refractivity contribution is 5.78. The fraction of sp³-hybridized carbons (Fsp3) is 0.0833. The molecule has 2 heterocycles. The molecule has 0 saturated carbocycles. The van der Waals surface area contributed by atoms with Crippen molar-refractivity contribution in [3.05, 3.63) is 48.3 Å². The number of rotatable bonds is 0. The zero-order valence-corrected chi connectivity index (χ0v) is 7.94. The van der Waals surface area contributed by atoms with E-state index in [4.69, 9.17) is 0 Å². The maximum absolute atomic E-state index is 4.42. The fourth-order valence-electron chi connectivity index (χ4n) is 1.79. The number of hydrogen-bond acceptors (Lipinski definition) is 1. The summed E-state index contributed by atoms with van der Waals surface area (Å²) in [4.78, 5) is 4.42. The molecule has 2 aromatic heterocycles. The lowest BCUT2D eigenvalue weighted by atomic mass is 10.2. The summed E-state index contributed by atoms with van der Waals surface area (Å²) in [5.41, 5.74) is 4.60. The first-order chi connectivity index (χ1) is 6.84. The maximum Gasteiger partial charge on any atom is 0.0873 e. The van der Waals surface area contributed by atoms with E-state index in [0.29, 0.717) is 0 Å². The second-order valence-corrected chi connectivity index (χ2v) is 3.55. The van der Waals surface area contributed by atoms with E-state index in [-0.39, 0.29) is 0 Å². The second kappa shape index (κ2) is 2.58. The van der Waals surface area contributed by atoms with Crippen LogP contribution in [0.2, 0.25) is 0 Å². The zero-order chi connectivity index (χ0) is 9.54. The largest absolute Gasteiger partial charge is 0.314 e. The Morgan fingerprint density at radius 3 is 3.07 bits per heavy atom. The van der Waals surface area contributed by atoms with Crippen LogP contribution in [-0.4, -0.2) is 9.38 Å². The summed E-state index contributed by atoms with van der Waals surface area (Å²) in [5.74, 6) is 0. The van der Waals surface area contributed by atoms with E-state index in [1.165, 1.54) is 5.56 Å². The van der Waals surface area contributed by atoms with Gasteiger partial charge >= 0.3 is 0 Å². The Hall–Kier alpha value is -1.83. The van der Waals surface area contributed by atoms with Crippen molar-refractivity contribution in [2.24, 2.45) is 0 Å². The molecule has 14 heavy (non-hydrogen) atoms. The molecule has 0 bridgehead atoms. The molecule has 0 spiro atoms. The van der Waals surface area contributed by atoms with Gasteiger partial charge in [0.15, 0.2) is 0 Å². The van der Waals surface area contributed by atoms with Crippen molar-refractivity contribution < 1.29 is 0 Å². The third kappa shape index (κ3) is 0.940. The molecular weight excluding hydrogens is 172 g/mol. The highest BCUT2D eigenvalue weighted by Crippen LogP contribution is 2.16. The molecule has 0 aliphatic carbocycles. The predicted octanol–water partition coefficient (Wildman–Crippen LogP) is 2.80. The molecule has 0 atom stereocenters. The number of benzene rings is 1. The van der Waals surface area contributed by atoms with E-state index < -0.39 is 0 Å². The summed E-state index contributed by atoms with van der Waals surface area (Å²) in [6.07, 6.45) is 3.97. The monoisotopic (exact) mass is 182 g/mol. The van der Waals surface area contributed by atoms with Gasteiger partial charge in [0.2, 0.25) is 0 Å². The smallest absolute Gasteiger partial charge is 0.0873 e. The van der Waals surface area contributed by atoms with Crippen molar-refractivity contribution in [1.29, 1.82) is 0 Å². The molecule has 0 amide bonds. The van der Waals surface area contributed by atoms with E-state index in [1.807, 2.05) is 12.3 Å². The fourth-order valence-corrected chi connectivity index (χ4v) is 1.79. The number of aromatic nitrogens is 2. The highest BCUT2D eigenvalue weighted by atomic mass is 14.9. The highest BCUT2D eigenvalue weighted by Gasteiger charge is 1.99. The molecule has 68 valence electrons. The van der Waals surface area contributed by atoms with Gasteiger partial charge in [-0.3, -0.25) is 4.98 Å². The van der Waals surface area contributed by atoms with Crippen molar-refractivity contribution >= 4 is 16.6 Å². The first-order valence-electron chi connectivity index (χ1n) is 4.67. The van der Waals surface area contributed by atoms with E-state index in [0.717, 1.165) is 16.6 Å². The summed E-state index contributed by atoms with van der Waals surface area (Å²) in [7, 11) is 0. The lowest BCUT2D eigenvalue weighted by Gasteiger charge is -2.02. The topological polar surface area (TPSA) is 17.3 Å². The van der Waals surface area contributed by atoms with Gasteiger partial charge in [-0.25, -0.2) is 0 Å². The van der Waals surface area contributed by atoms with Gasteiger partial charge in [-0.05, 0) is 36.8 Å². The quantitative estimate of drug-likeness (QED) is 0.522. The Morgan fingerprint density at radius 2 is 2.14 bits per heavy atom. The van der Waals surface area contributed by atoms with E-state index >= 15 is 0 Å². The normalized spacial score (nSPS) is 11.2. The van der Waals surface area contributed by atoms with Crippen LogP contribution in [0.15, 0.2) is 42.7 Å². The first-order valence-corrected chi connectivity index (χ1v) is 4.67. The first kappa shape index (κ1) is 7.56. The third-order valence-corrected chi connectivity index (χ3v) is 2.51. The van der Waals surface area contributed by atoms with Crippen LogP contribution >= 0.6 is 0 Å². The summed E-state index contributed by atoms with van der Waals surface area (Å²) >= 11 is 0. The van der Waals surface area contributed by atoms with Crippen LogP contribution in [0.5, 0.6) is 0 Å². The minimum atomic E-state index is 1.05. The van der Waals surface area contributed by atoms with E-state index in [9.17, 15) is 0 Å². The lowest BCUT2D eigenvalue weighted by Crippen LogP contribution is -1.89. The third-order valence-electron chi connectivity index (χ3n) is 2.51. The van der Waals surface area contributed by atoms with Crippen LogP contribution < -0.4 is 0 Å². The molecule has 2 heteroatoms. The van der Waals surface area contributed by atoms with Gasteiger partial charge in [0.05, 0.1) is 22.7 Å². The van der Waals surface area contributed by atoms with Gasteiger partial charge in [-0.1, -0.05) is 6.07 Å². The molecular formula is C12H10N2. The lowest BCUT2D eigenvalue weighted by molar-refractivity contribution is 1.22. The molecule has 0 radical (unpaired) electrons. The molecule has 3 aromatic rings. The van der Waals surface area contributed by atoms with Crippen LogP contribution in [0.3, 0.4) is 0 Å². The average molecular weight is 182 g/mol.